The molecule has 5 nitrogen and oxygen atoms in total. The van der Waals surface area contributed by atoms with E-state index in [4.69, 9.17) is 0 Å². The number of aromatic amines is 1. The highest BCUT2D eigenvalue weighted by molar-refractivity contribution is 5.89. The molecule has 0 aliphatic carbocycles. The second kappa shape index (κ2) is 5.81. The first-order valence-corrected chi connectivity index (χ1v) is 6.82. The molecule has 22 heavy (non-hydrogen) atoms. The zero-order valence-electron chi connectivity index (χ0n) is 12.0. The Hall–Kier alpha value is -2.95. The average molecular weight is 294 g/mol. The summed E-state index contributed by atoms with van der Waals surface area (Å²) in [5.74, 6) is 0.221. The van der Waals surface area contributed by atoms with E-state index in [1.807, 2.05) is 30.3 Å². The maximum absolute atomic E-state index is 12.0. The Bertz CT molecular complexity index is 882. The number of para-hydroxylation sites is 1. The maximum atomic E-state index is 12.0. The lowest BCUT2D eigenvalue weighted by molar-refractivity contribution is 0.0600. The Morgan fingerprint density at radius 2 is 1.86 bits per heavy atom. The second-order valence-electron chi connectivity index (χ2n) is 4.90. The molecular formula is C17H14N2O3. The lowest BCUT2D eigenvalue weighted by Crippen LogP contribution is -2.12. The summed E-state index contributed by atoms with van der Waals surface area (Å²) in [6.45, 7) is 0. The summed E-state index contributed by atoms with van der Waals surface area (Å²) in [5, 5.41) is 0.576. The van der Waals surface area contributed by atoms with E-state index in [0.717, 1.165) is 5.56 Å². The fraction of sp³-hybridized carbons (Fsp3) is 0.118. The van der Waals surface area contributed by atoms with Gasteiger partial charge < -0.3 is 9.72 Å². The van der Waals surface area contributed by atoms with Crippen LogP contribution in [0.4, 0.5) is 0 Å². The number of aromatic nitrogens is 2. The first kappa shape index (κ1) is 14.0. The third-order valence-corrected chi connectivity index (χ3v) is 3.41. The Labute approximate surface area is 126 Å². The first-order valence-electron chi connectivity index (χ1n) is 6.82. The predicted octanol–water partition coefficient (Wildman–Crippen LogP) is 2.30. The van der Waals surface area contributed by atoms with Crippen molar-refractivity contribution in [1.82, 2.24) is 9.97 Å². The van der Waals surface area contributed by atoms with Crippen LogP contribution in [0.15, 0.2) is 53.3 Å². The van der Waals surface area contributed by atoms with E-state index in [1.54, 1.807) is 18.2 Å². The Morgan fingerprint density at radius 3 is 2.59 bits per heavy atom. The molecule has 1 aromatic heterocycles. The van der Waals surface area contributed by atoms with Gasteiger partial charge in [-0.05, 0) is 29.8 Å². The number of H-pyrrole nitrogens is 1. The van der Waals surface area contributed by atoms with Crippen LogP contribution in [0.2, 0.25) is 0 Å². The largest absolute Gasteiger partial charge is 0.465 e. The van der Waals surface area contributed by atoms with E-state index in [-0.39, 0.29) is 11.5 Å². The van der Waals surface area contributed by atoms with Crippen molar-refractivity contribution in [3.63, 3.8) is 0 Å². The molecule has 0 saturated carbocycles. The van der Waals surface area contributed by atoms with Crippen molar-refractivity contribution >= 4 is 16.9 Å². The number of nitrogens with one attached hydrogen (secondary N) is 1. The van der Waals surface area contributed by atoms with Crippen LogP contribution in [0.5, 0.6) is 0 Å². The zero-order chi connectivity index (χ0) is 15.5. The summed E-state index contributed by atoms with van der Waals surface area (Å²) in [7, 11) is 1.35. The normalized spacial score (nSPS) is 10.6. The fourth-order valence-corrected chi connectivity index (χ4v) is 2.29. The molecule has 2 aromatic carbocycles. The highest BCUT2D eigenvalue weighted by atomic mass is 16.5. The molecular weight excluding hydrogens is 280 g/mol. The van der Waals surface area contributed by atoms with Crippen LogP contribution < -0.4 is 5.56 Å². The van der Waals surface area contributed by atoms with Crippen molar-refractivity contribution in [1.29, 1.82) is 0 Å². The van der Waals surface area contributed by atoms with Crippen molar-refractivity contribution in [2.24, 2.45) is 0 Å². The predicted molar refractivity (Wildman–Crippen MR) is 83.0 cm³/mol. The SMILES string of the molecule is COC(=O)c1ccc(Cc2nc3ccccc3c(=O)[nH]2)cc1. The smallest absolute Gasteiger partial charge is 0.337 e. The van der Waals surface area contributed by atoms with Crippen molar-refractivity contribution in [2.45, 2.75) is 6.42 Å². The van der Waals surface area contributed by atoms with Gasteiger partial charge in [0, 0.05) is 6.42 Å². The highest BCUT2D eigenvalue weighted by Crippen LogP contribution is 2.11. The minimum Gasteiger partial charge on any atom is -0.465 e. The first-order chi connectivity index (χ1) is 10.7. The summed E-state index contributed by atoms with van der Waals surface area (Å²) >= 11 is 0. The van der Waals surface area contributed by atoms with Crippen LogP contribution in [-0.4, -0.2) is 23.0 Å². The van der Waals surface area contributed by atoms with Crippen LogP contribution in [0.25, 0.3) is 10.9 Å². The lowest BCUT2D eigenvalue weighted by Gasteiger charge is -2.04. The van der Waals surface area contributed by atoms with E-state index >= 15 is 0 Å². The topological polar surface area (TPSA) is 72.0 Å². The summed E-state index contributed by atoms with van der Waals surface area (Å²) in [5.41, 5.74) is 1.97. The number of rotatable bonds is 3. The summed E-state index contributed by atoms with van der Waals surface area (Å²) in [6, 6.07) is 14.3. The van der Waals surface area contributed by atoms with Crippen LogP contribution in [0.1, 0.15) is 21.7 Å². The monoisotopic (exact) mass is 294 g/mol. The Balaban J connectivity index is 1.90. The lowest BCUT2D eigenvalue weighted by atomic mass is 10.1. The molecule has 0 bridgehead atoms. The second-order valence-corrected chi connectivity index (χ2v) is 4.90. The highest BCUT2D eigenvalue weighted by Gasteiger charge is 2.07. The third kappa shape index (κ3) is 2.74. The van der Waals surface area contributed by atoms with Gasteiger partial charge in [-0.2, -0.15) is 0 Å². The van der Waals surface area contributed by atoms with Gasteiger partial charge in [-0.25, -0.2) is 9.78 Å². The molecule has 0 aliphatic heterocycles. The molecule has 1 heterocycles. The number of nitrogens with zero attached hydrogens (tertiary/aromatic N) is 1. The van der Waals surface area contributed by atoms with Gasteiger partial charge in [0.15, 0.2) is 0 Å². The molecule has 5 heteroatoms. The molecule has 0 aliphatic rings. The van der Waals surface area contributed by atoms with E-state index in [0.29, 0.717) is 28.7 Å². The van der Waals surface area contributed by atoms with Crippen molar-refractivity contribution in [3.8, 4) is 0 Å². The molecule has 3 rings (SSSR count). The van der Waals surface area contributed by atoms with E-state index in [9.17, 15) is 9.59 Å². The van der Waals surface area contributed by atoms with Gasteiger partial charge in [-0.3, -0.25) is 4.79 Å². The number of hydrogen-bond donors (Lipinski definition) is 1. The van der Waals surface area contributed by atoms with E-state index in [2.05, 4.69) is 14.7 Å². The van der Waals surface area contributed by atoms with Gasteiger partial charge in [0.25, 0.3) is 5.56 Å². The number of methoxy groups -OCH3 is 1. The van der Waals surface area contributed by atoms with Crippen LogP contribution in [-0.2, 0) is 11.2 Å². The Morgan fingerprint density at radius 1 is 1.14 bits per heavy atom. The molecule has 0 spiro atoms. The van der Waals surface area contributed by atoms with Crippen LogP contribution in [0.3, 0.4) is 0 Å². The molecule has 110 valence electrons. The number of hydrogen-bond acceptors (Lipinski definition) is 4. The minimum absolute atomic E-state index is 0.146. The van der Waals surface area contributed by atoms with Gasteiger partial charge in [0.05, 0.1) is 23.6 Å². The van der Waals surface area contributed by atoms with Crippen molar-refractivity contribution in [2.75, 3.05) is 7.11 Å². The van der Waals surface area contributed by atoms with Crippen LogP contribution >= 0.6 is 0 Å². The molecule has 0 saturated heterocycles. The molecule has 0 atom stereocenters. The van der Waals surface area contributed by atoms with E-state index < -0.39 is 0 Å². The van der Waals surface area contributed by atoms with Crippen LogP contribution in [0, 0.1) is 0 Å². The molecule has 0 radical (unpaired) electrons. The number of carbonyl (C=O) groups is 1. The fourth-order valence-electron chi connectivity index (χ4n) is 2.29. The number of fused-ring (bicyclic) bond motifs is 1. The number of carbonyl (C=O) groups excluding carboxylic acids is 1. The maximum Gasteiger partial charge on any atom is 0.337 e. The third-order valence-electron chi connectivity index (χ3n) is 3.41. The molecule has 3 aromatic rings. The van der Waals surface area contributed by atoms with Crippen molar-refractivity contribution in [3.05, 3.63) is 75.8 Å². The molecule has 1 N–H and O–H groups in total. The minimum atomic E-state index is -0.371. The van der Waals surface area contributed by atoms with Crippen molar-refractivity contribution < 1.29 is 9.53 Å². The average Bonchev–Trinajstić information content (AvgIpc) is 2.55. The number of esters is 1. The quantitative estimate of drug-likeness (QED) is 0.752. The van der Waals surface area contributed by atoms with Gasteiger partial charge in [0.2, 0.25) is 0 Å². The zero-order valence-corrected chi connectivity index (χ0v) is 12.0. The number of ether oxygens (including phenoxy) is 1. The van der Waals surface area contributed by atoms with Gasteiger partial charge in [-0.1, -0.05) is 24.3 Å². The van der Waals surface area contributed by atoms with Gasteiger partial charge >= 0.3 is 5.97 Å². The molecule has 0 amide bonds. The summed E-state index contributed by atoms with van der Waals surface area (Å²) < 4.78 is 4.66. The van der Waals surface area contributed by atoms with Gasteiger partial charge in [-0.15, -0.1) is 0 Å². The van der Waals surface area contributed by atoms with Gasteiger partial charge in [0.1, 0.15) is 5.82 Å². The standard InChI is InChI=1S/C17H14N2O3/c1-22-17(21)12-8-6-11(7-9-12)10-15-18-14-5-3-2-4-13(14)16(20)19-15/h2-9H,10H2,1H3,(H,18,19,20). The Kier molecular flexibility index (Phi) is 3.70. The molecule has 0 fully saturated rings. The number of benzene rings is 2. The molecule has 0 unspecified atom stereocenters. The van der Waals surface area contributed by atoms with E-state index in [1.165, 1.54) is 7.11 Å². The summed E-state index contributed by atoms with van der Waals surface area (Å²) in [4.78, 5) is 30.7. The summed E-state index contributed by atoms with van der Waals surface area (Å²) in [6.07, 6.45) is 0.488.